The maximum atomic E-state index is 10.3. The minimum atomic E-state index is -0.825. The van der Waals surface area contributed by atoms with Crippen LogP contribution in [0.25, 0.3) is 0 Å². The molecule has 0 aliphatic carbocycles. The van der Waals surface area contributed by atoms with Gasteiger partial charge in [0.15, 0.2) is 0 Å². The van der Waals surface area contributed by atoms with Crippen molar-refractivity contribution in [2.45, 2.75) is 6.42 Å². The number of carboxylic acids is 1. The maximum Gasteiger partial charge on any atom is 0.305 e. The van der Waals surface area contributed by atoms with Crippen LogP contribution in [0.3, 0.4) is 0 Å². The molecule has 1 aromatic heterocycles. The highest BCUT2D eigenvalue weighted by Gasteiger charge is 2.05. The van der Waals surface area contributed by atoms with E-state index < -0.39 is 5.97 Å². The van der Waals surface area contributed by atoms with Crippen LogP contribution in [-0.2, 0) is 4.79 Å². The van der Waals surface area contributed by atoms with Crippen LogP contribution in [0.15, 0.2) is 16.9 Å². The number of aliphatic carboxylic acids is 1. The summed E-state index contributed by atoms with van der Waals surface area (Å²) in [4.78, 5) is 20.1. The highest BCUT2D eigenvalue weighted by atomic mass is 79.9. The van der Waals surface area contributed by atoms with Gasteiger partial charge in [0.2, 0.25) is 5.95 Å². The SMILES string of the molecule is CN(CCC(=O)O)c1ncc(Br)cn1. The van der Waals surface area contributed by atoms with Gasteiger partial charge in [-0.3, -0.25) is 4.79 Å². The first kappa shape index (κ1) is 10.9. The lowest BCUT2D eigenvalue weighted by atomic mass is 10.4. The molecule has 0 spiro atoms. The summed E-state index contributed by atoms with van der Waals surface area (Å²) >= 11 is 3.22. The molecule has 1 aromatic rings. The number of hydrogen-bond donors (Lipinski definition) is 1. The normalized spacial score (nSPS) is 9.86. The molecule has 0 aliphatic rings. The van der Waals surface area contributed by atoms with Gasteiger partial charge in [0.05, 0.1) is 10.9 Å². The Morgan fingerprint density at radius 3 is 2.64 bits per heavy atom. The average Bonchev–Trinajstić information content (AvgIpc) is 2.15. The van der Waals surface area contributed by atoms with E-state index in [0.29, 0.717) is 12.5 Å². The standard InChI is InChI=1S/C8H10BrN3O2/c1-12(3-2-7(13)14)8-10-4-6(9)5-11-8/h4-5H,2-3H2,1H3,(H,13,14). The van der Waals surface area contributed by atoms with Crippen LogP contribution in [0.4, 0.5) is 5.95 Å². The van der Waals surface area contributed by atoms with Crippen molar-refractivity contribution in [3.05, 3.63) is 16.9 Å². The Hall–Kier alpha value is -1.17. The molecule has 0 aromatic carbocycles. The van der Waals surface area contributed by atoms with E-state index in [1.54, 1.807) is 24.3 Å². The van der Waals surface area contributed by atoms with Crippen LogP contribution >= 0.6 is 15.9 Å². The first-order valence-corrected chi connectivity index (χ1v) is 4.79. The maximum absolute atomic E-state index is 10.3. The monoisotopic (exact) mass is 259 g/mol. The van der Waals surface area contributed by atoms with Crippen LogP contribution < -0.4 is 4.90 Å². The van der Waals surface area contributed by atoms with E-state index in [-0.39, 0.29) is 6.42 Å². The predicted molar refractivity (Wildman–Crippen MR) is 55.3 cm³/mol. The summed E-state index contributed by atoms with van der Waals surface area (Å²) in [7, 11) is 1.76. The number of carboxylic acid groups (broad SMARTS) is 1. The Morgan fingerprint density at radius 1 is 1.57 bits per heavy atom. The molecule has 0 aliphatic heterocycles. The smallest absolute Gasteiger partial charge is 0.305 e. The van der Waals surface area contributed by atoms with Gasteiger partial charge in [-0.2, -0.15) is 0 Å². The largest absolute Gasteiger partial charge is 0.481 e. The molecule has 1 N–H and O–H groups in total. The number of carbonyl (C=O) groups is 1. The zero-order chi connectivity index (χ0) is 10.6. The minimum Gasteiger partial charge on any atom is -0.481 e. The lowest BCUT2D eigenvalue weighted by molar-refractivity contribution is -0.136. The number of nitrogens with zero attached hydrogens (tertiary/aromatic N) is 3. The predicted octanol–water partition coefficient (Wildman–Crippen LogP) is 1.15. The highest BCUT2D eigenvalue weighted by molar-refractivity contribution is 9.10. The zero-order valence-corrected chi connectivity index (χ0v) is 9.23. The van der Waals surface area contributed by atoms with Crippen LogP contribution in [-0.4, -0.2) is 34.6 Å². The van der Waals surface area contributed by atoms with E-state index in [2.05, 4.69) is 25.9 Å². The number of hydrogen-bond acceptors (Lipinski definition) is 4. The summed E-state index contributed by atoms with van der Waals surface area (Å²) in [5.74, 6) is -0.302. The molecule has 0 fully saturated rings. The van der Waals surface area contributed by atoms with E-state index in [1.165, 1.54) is 0 Å². The molecule has 1 rings (SSSR count). The molecule has 0 atom stereocenters. The third-order valence-electron chi connectivity index (χ3n) is 1.61. The molecule has 0 saturated carbocycles. The van der Waals surface area contributed by atoms with Gasteiger partial charge >= 0.3 is 5.97 Å². The fourth-order valence-electron chi connectivity index (χ4n) is 0.866. The van der Waals surface area contributed by atoms with Crippen molar-refractivity contribution in [1.82, 2.24) is 9.97 Å². The van der Waals surface area contributed by atoms with Gasteiger partial charge < -0.3 is 10.0 Å². The van der Waals surface area contributed by atoms with Gasteiger partial charge in [0.25, 0.3) is 0 Å². The number of anilines is 1. The summed E-state index contributed by atoms with van der Waals surface area (Å²) in [6.07, 6.45) is 3.33. The summed E-state index contributed by atoms with van der Waals surface area (Å²) < 4.78 is 0.799. The number of halogens is 1. The Balaban J connectivity index is 2.56. The Labute approximate surface area is 89.9 Å². The molecule has 76 valence electrons. The molecule has 0 amide bonds. The lowest BCUT2D eigenvalue weighted by Gasteiger charge is -2.14. The van der Waals surface area contributed by atoms with Gasteiger partial charge in [-0.05, 0) is 15.9 Å². The highest BCUT2D eigenvalue weighted by Crippen LogP contribution is 2.09. The van der Waals surface area contributed by atoms with Gasteiger partial charge in [-0.15, -0.1) is 0 Å². The number of aromatic nitrogens is 2. The van der Waals surface area contributed by atoms with Crippen molar-refractivity contribution < 1.29 is 9.90 Å². The lowest BCUT2D eigenvalue weighted by Crippen LogP contribution is -2.22. The average molecular weight is 260 g/mol. The molecule has 0 radical (unpaired) electrons. The first-order valence-electron chi connectivity index (χ1n) is 4.00. The van der Waals surface area contributed by atoms with E-state index >= 15 is 0 Å². The van der Waals surface area contributed by atoms with Crippen LogP contribution in [0.1, 0.15) is 6.42 Å². The summed E-state index contributed by atoms with van der Waals surface area (Å²) in [6, 6.07) is 0. The fraction of sp³-hybridized carbons (Fsp3) is 0.375. The summed E-state index contributed by atoms with van der Waals surface area (Å²) in [5.41, 5.74) is 0. The second kappa shape index (κ2) is 4.90. The molecular formula is C8H10BrN3O2. The van der Waals surface area contributed by atoms with Crippen molar-refractivity contribution in [3.63, 3.8) is 0 Å². The molecular weight excluding hydrogens is 250 g/mol. The van der Waals surface area contributed by atoms with Crippen molar-refractivity contribution in [2.24, 2.45) is 0 Å². The summed E-state index contributed by atoms with van der Waals surface area (Å²) in [6.45, 7) is 0.400. The molecule has 0 unspecified atom stereocenters. The topological polar surface area (TPSA) is 66.3 Å². The minimum absolute atomic E-state index is 0.0793. The van der Waals surface area contributed by atoms with Crippen LogP contribution in [0.2, 0.25) is 0 Å². The van der Waals surface area contributed by atoms with Crippen LogP contribution in [0, 0.1) is 0 Å². The van der Waals surface area contributed by atoms with Crippen molar-refractivity contribution in [3.8, 4) is 0 Å². The Bertz CT molecular complexity index is 315. The second-order valence-corrected chi connectivity index (χ2v) is 3.68. The van der Waals surface area contributed by atoms with Gasteiger partial charge in [0, 0.05) is 26.0 Å². The van der Waals surface area contributed by atoms with Crippen molar-refractivity contribution in [1.29, 1.82) is 0 Å². The molecule has 0 saturated heterocycles. The fourth-order valence-corrected chi connectivity index (χ4v) is 1.07. The molecule has 14 heavy (non-hydrogen) atoms. The Morgan fingerprint density at radius 2 is 2.14 bits per heavy atom. The molecule has 1 heterocycles. The molecule has 0 bridgehead atoms. The van der Waals surface area contributed by atoms with Gasteiger partial charge in [0.1, 0.15) is 0 Å². The third kappa shape index (κ3) is 3.29. The van der Waals surface area contributed by atoms with Crippen LogP contribution in [0.5, 0.6) is 0 Å². The first-order chi connectivity index (χ1) is 6.59. The van der Waals surface area contributed by atoms with Crippen molar-refractivity contribution in [2.75, 3.05) is 18.5 Å². The zero-order valence-electron chi connectivity index (χ0n) is 7.64. The van der Waals surface area contributed by atoms with Crippen molar-refractivity contribution >= 4 is 27.8 Å². The third-order valence-corrected chi connectivity index (χ3v) is 2.02. The van der Waals surface area contributed by atoms with Gasteiger partial charge in [-0.25, -0.2) is 9.97 Å². The quantitative estimate of drug-likeness (QED) is 0.879. The summed E-state index contributed by atoms with van der Waals surface area (Å²) in [5, 5.41) is 8.48. The van der Waals surface area contributed by atoms with E-state index in [4.69, 9.17) is 5.11 Å². The van der Waals surface area contributed by atoms with E-state index in [0.717, 1.165) is 4.47 Å². The second-order valence-electron chi connectivity index (χ2n) is 2.77. The Kier molecular flexibility index (Phi) is 3.82. The van der Waals surface area contributed by atoms with Gasteiger partial charge in [-0.1, -0.05) is 0 Å². The van der Waals surface area contributed by atoms with E-state index in [9.17, 15) is 4.79 Å². The molecule has 6 heteroatoms. The number of rotatable bonds is 4. The van der Waals surface area contributed by atoms with E-state index in [1.807, 2.05) is 0 Å². The molecule has 5 nitrogen and oxygen atoms in total.